The highest BCUT2D eigenvalue weighted by Crippen LogP contribution is 2.35. The summed E-state index contributed by atoms with van der Waals surface area (Å²) < 4.78 is 11.4. The van der Waals surface area contributed by atoms with Gasteiger partial charge in [-0.2, -0.15) is 0 Å². The van der Waals surface area contributed by atoms with Crippen molar-refractivity contribution in [3.63, 3.8) is 0 Å². The van der Waals surface area contributed by atoms with Crippen molar-refractivity contribution < 1.29 is 19.1 Å². The van der Waals surface area contributed by atoms with E-state index in [1.54, 1.807) is 47.4 Å². The lowest BCUT2D eigenvalue weighted by atomic mass is 9.88. The van der Waals surface area contributed by atoms with E-state index < -0.39 is 0 Å². The molecular weight excluding hydrogens is 500 g/mol. The number of rotatable bonds is 9. The zero-order chi connectivity index (χ0) is 26.3. The Bertz CT molecular complexity index is 1360. The minimum atomic E-state index is -0.172. The lowest BCUT2D eigenvalue weighted by molar-refractivity contribution is -0.121. The summed E-state index contributed by atoms with van der Waals surface area (Å²) in [5, 5.41) is 3.64. The fourth-order valence-electron chi connectivity index (χ4n) is 4.51. The molecule has 1 N–H and O–H groups in total. The largest absolute Gasteiger partial charge is 0.492 e. The molecule has 0 aliphatic carbocycles. The van der Waals surface area contributed by atoms with Gasteiger partial charge in [0.2, 0.25) is 5.91 Å². The van der Waals surface area contributed by atoms with E-state index >= 15 is 0 Å². The molecule has 0 spiro atoms. The molecule has 1 aliphatic heterocycles. The van der Waals surface area contributed by atoms with Crippen molar-refractivity contribution in [3.05, 3.63) is 119 Å². The smallest absolute Gasteiger partial charge is 0.265 e. The maximum Gasteiger partial charge on any atom is 0.265 e. The molecule has 1 aliphatic rings. The molecule has 0 radical (unpaired) electrons. The van der Waals surface area contributed by atoms with Gasteiger partial charge in [0.05, 0.1) is 12.2 Å². The molecule has 7 heteroatoms. The van der Waals surface area contributed by atoms with Gasteiger partial charge in [0, 0.05) is 23.0 Å². The molecule has 4 aromatic rings. The number of nitrogens with one attached hydrogen (secondary N) is 1. The van der Waals surface area contributed by atoms with E-state index in [-0.39, 0.29) is 30.8 Å². The second kappa shape index (κ2) is 11.8. The summed E-state index contributed by atoms with van der Waals surface area (Å²) in [6.07, 6.45) is 0.277. The van der Waals surface area contributed by atoms with E-state index in [0.717, 1.165) is 11.1 Å². The number of fused-ring (bicyclic) bond motifs is 1. The first-order valence-electron chi connectivity index (χ1n) is 12.4. The fraction of sp³-hybridized carbons (Fsp3) is 0.161. The number of benzene rings is 4. The maximum absolute atomic E-state index is 13.2. The number of ether oxygens (including phenoxy) is 2. The molecule has 0 fully saturated rings. The Labute approximate surface area is 226 Å². The first kappa shape index (κ1) is 25.4. The van der Waals surface area contributed by atoms with Crippen LogP contribution in [-0.4, -0.2) is 31.6 Å². The standard InChI is InChI=1S/C31H27ClN2O4/c32-24-11-14-26(15-12-24)37-18-17-34-28-19-25(13-16-29(28)38-21-31(34)36)33-30(35)20-27(22-7-3-1-4-8-22)23-9-5-2-6-10-23/h1-16,19,27H,17-18,20-21H2,(H,33,35). The first-order valence-corrected chi connectivity index (χ1v) is 12.8. The minimum Gasteiger partial charge on any atom is -0.492 e. The molecule has 0 aromatic heterocycles. The average Bonchev–Trinajstić information content (AvgIpc) is 2.95. The number of nitrogens with zero attached hydrogens (tertiary/aromatic N) is 1. The van der Waals surface area contributed by atoms with Gasteiger partial charge >= 0.3 is 0 Å². The third-order valence-electron chi connectivity index (χ3n) is 6.38. The van der Waals surface area contributed by atoms with Gasteiger partial charge in [-0.3, -0.25) is 9.59 Å². The third-order valence-corrected chi connectivity index (χ3v) is 6.63. The summed E-state index contributed by atoms with van der Waals surface area (Å²) in [6, 6.07) is 32.4. The zero-order valence-corrected chi connectivity index (χ0v) is 21.4. The molecule has 5 rings (SSSR count). The number of carbonyl (C=O) groups is 2. The molecule has 192 valence electrons. The summed E-state index contributed by atoms with van der Waals surface area (Å²) in [5.74, 6) is 0.877. The molecule has 0 bridgehead atoms. The van der Waals surface area contributed by atoms with Crippen LogP contribution >= 0.6 is 11.6 Å². The number of hydrogen-bond acceptors (Lipinski definition) is 4. The van der Waals surface area contributed by atoms with Crippen molar-refractivity contribution in [2.24, 2.45) is 0 Å². The topological polar surface area (TPSA) is 67.9 Å². The van der Waals surface area contributed by atoms with E-state index in [0.29, 0.717) is 41.0 Å². The number of amides is 2. The molecule has 2 amide bonds. The molecule has 0 unspecified atom stereocenters. The van der Waals surface area contributed by atoms with Crippen LogP contribution in [0.25, 0.3) is 0 Å². The number of anilines is 2. The van der Waals surface area contributed by atoms with Gasteiger partial charge in [-0.25, -0.2) is 0 Å². The summed E-state index contributed by atoms with van der Waals surface area (Å²) >= 11 is 5.93. The van der Waals surface area contributed by atoms with Gasteiger partial charge in [0.25, 0.3) is 5.91 Å². The normalized spacial score (nSPS) is 12.6. The van der Waals surface area contributed by atoms with Crippen molar-refractivity contribution in [3.8, 4) is 11.5 Å². The summed E-state index contributed by atoms with van der Waals surface area (Å²) in [6.45, 7) is 0.577. The summed E-state index contributed by atoms with van der Waals surface area (Å²) in [5.41, 5.74) is 3.34. The van der Waals surface area contributed by atoms with Gasteiger partial charge in [0.1, 0.15) is 18.1 Å². The SMILES string of the molecule is O=C(CC(c1ccccc1)c1ccccc1)Nc1ccc2c(c1)N(CCOc1ccc(Cl)cc1)C(=O)CO2. The second-order valence-corrected chi connectivity index (χ2v) is 9.38. The second-order valence-electron chi connectivity index (χ2n) is 8.95. The Kier molecular flexibility index (Phi) is 7.90. The van der Waals surface area contributed by atoms with Crippen LogP contribution in [0.5, 0.6) is 11.5 Å². The van der Waals surface area contributed by atoms with Gasteiger partial charge in [0.15, 0.2) is 6.61 Å². The Morgan fingerprint density at radius 2 is 1.58 bits per heavy atom. The van der Waals surface area contributed by atoms with E-state index in [9.17, 15) is 9.59 Å². The molecule has 0 atom stereocenters. The quantitative estimate of drug-likeness (QED) is 0.278. The summed E-state index contributed by atoms with van der Waals surface area (Å²) in [4.78, 5) is 27.5. The maximum atomic E-state index is 13.2. The monoisotopic (exact) mass is 526 g/mol. The number of carbonyl (C=O) groups excluding carboxylic acids is 2. The van der Waals surface area contributed by atoms with Crippen molar-refractivity contribution in [2.45, 2.75) is 12.3 Å². The van der Waals surface area contributed by atoms with Crippen molar-refractivity contribution in [1.29, 1.82) is 0 Å². The Morgan fingerprint density at radius 1 is 0.921 bits per heavy atom. The lowest BCUT2D eigenvalue weighted by Gasteiger charge is -2.29. The summed E-state index contributed by atoms with van der Waals surface area (Å²) in [7, 11) is 0. The molecule has 1 heterocycles. The third kappa shape index (κ3) is 6.15. The van der Waals surface area contributed by atoms with Crippen LogP contribution in [0.2, 0.25) is 5.02 Å². The van der Waals surface area contributed by atoms with Crippen LogP contribution in [-0.2, 0) is 9.59 Å². The number of halogens is 1. The highest BCUT2D eigenvalue weighted by atomic mass is 35.5. The van der Waals surface area contributed by atoms with E-state index in [2.05, 4.69) is 5.32 Å². The molecule has 6 nitrogen and oxygen atoms in total. The highest BCUT2D eigenvalue weighted by molar-refractivity contribution is 6.30. The molecule has 0 saturated heterocycles. The lowest BCUT2D eigenvalue weighted by Crippen LogP contribution is -2.41. The molecule has 0 saturated carbocycles. The van der Waals surface area contributed by atoms with Crippen molar-refractivity contribution in [2.75, 3.05) is 30.0 Å². The van der Waals surface area contributed by atoms with Crippen LogP contribution in [0, 0.1) is 0 Å². The van der Waals surface area contributed by atoms with Crippen LogP contribution in [0.1, 0.15) is 23.5 Å². The van der Waals surface area contributed by atoms with Gasteiger partial charge < -0.3 is 19.7 Å². The minimum absolute atomic E-state index is 0.0461. The van der Waals surface area contributed by atoms with E-state index in [1.807, 2.05) is 60.7 Å². The molecule has 38 heavy (non-hydrogen) atoms. The van der Waals surface area contributed by atoms with Gasteiger partial charge in [-0.1, -0.05) is 72.3 Å². The number of hydrogen-bond donors (Lipinski definition) is 1. The van der Waals surface area contributed by atoms with E-state index in [1.165, 1.54) is 0 Å². The fourth-order valence-corrected chi connectivity index (χ4v) is 4.63. The average molecular weight is 527 g/mol. The predicted octanol–water partition coefficient (Wildman–Crippen LogP) is 6.31. The Balaban J connectivity index is 1.29. The zero-order valence-electron chi connectivity index (χ0n) is 20.7. The van der Waals surface area contributed by atoms with E-state index in [4.69, 9.17) is 21.1 Å². The first-order chi connectivity index (χ1) is 18.6. The van der Waals surface area contributed by atoms with Crippen LogP contribution in [0.3, 0.4) is 0 Å². The predicted molar refractivity (Wildman–Crippen MR) is 149 cm³/mol. The van der Waals surface area contributed by atoms with Crippen molar-refractivity contribution in [1.82, 2.24) is 0 Å². The Morgan fingerprint density at radius 3 is 2.24 bits per heavy atom. The Hall–Kier alpha value is -4.29. The van der Waals surface area contributed by atoms with Gasteiger partial charge in [-0.15, -0.1) is 0 Å². The molecular formula is C31H27ClN2O4. The van der Waals surface area contributed by atoms with Crippen LogP contribution < -0.4 is 19.7 Å². The van der Waals surface area contributed by atoms with Crippen LogP contribution in [0.4, 0.5) is 11.4 Å². The molecule has 4 aromatic carbocycles. The van der Waals surface area contributed by atoms with Crippen molar-refractivity contribution >= 4 is 34.8 Å². The van der Waals surface area contributed by atoms with Crippen LogP contribution in [0.15, 0.2) is 103 Å². The van der Waals surface area contributed by atoms with Gasteiger partial charge in [-0.05, 0) is 53.6 Å². The highest BCUT2D eigenvalue weighted by Gasteiger charge is 2.26.